The lowest BCUT2D eigenvalue weighted by Gasteiger charge is -2.60. The maximum atomic E-state index is 12.4. The number of nitriles is 1. The molecule has 10 heteroatoms. The molecule has 31 heavy (non-hydrogen) atoms. The van der Waals surface area contributed by atoms with Gasteiger partial charge >= 0.3 is 11.9 Å². The number of likely N-dealkylation sites (tertiary alicyclic amines) is 1. The highest BCUT2D eigenvalue weighted by Crippen LogP contribution is 2.57. The van der Waals surface area contributed by atoms with Crippen molar-refractivity contribution in [3.8, 4) is 6.07 Å². The molecule has 5 rings (SSSR count). The molecule has 1 amide bonds. The van der Waals surface area contributed by atoms with Gasteiger partial charge in [-0.25, -0.2) is 4.79 Å². The Bertz CT molecular complexity index is 751. The molecule has 1 aliphatic heterocycles. The minimum absolute atomic E-state index is 0.0453. The Labute approximate surface area is 180 Å². The minimum Gasteiger partial charge on any atom is -0.481 e. The predicted molar refractivity (Wildman–Crippen MR) is 107 cm³/mol. The van der Waals surface area contributed by atoms with Crippen molar-refractivity contribution >= 4 is 17.8 Å². The van der Waals surface area contributed by atoms with Crippen molar-refractivity contribution in [2.24, 2.45) is 11.8 Å². The Morgan fingerprint density at radius 3 is 2.29 bits per heavy atom. The van der Waals surface area contributed by atoms with Crippen molar-refractivity contribution in [1.82, 2.24) is 10.2 Å². The van der Waals surface area contributed by atoms with E-state index in [2.05, 4.69) is 11.4 Å². The third-order valence-corrected chi connectivity index (χ3v) is 7.02. The van der Waals surface area contributed by atoms with Crippen LogP contribution in [0.15, 0.2) is 0 Å². The molecule has 1 saturated heterocycles. The van der Waals surface area contributed by atoms with Crippen LogP contribution < -0.4 is 5.32 Å². The number of carboxylic acid groups (broad SMARTS) is 2. The molecule has 172 valence electrons. The van der Waals surface area contributed by atoms with Crippen LogP contribution in [-0.2, 0) is 14.4 Å². The van der Waals surface area contributed by atoms with Crippen LogP contribution in [0.2, 0.25) is 0 Å². The lowest BCUT2D eigenvalue weighted by atomic mass is 9.51. The lowest BCUT2D eigenvalue weighted by Crippen LogP contribution is -2.65. The summed E-state index contributed by atoms with van der Waals surface area (Å²) in [5, 5.41) is 47.5. The van der Waals surface area contributed by atoms with Crippen molar-refractivity contribution in [3.05, 3.63) is 0 Å². The average Bonchev–Trinajstić information content (AvgIpc) is 3.13. The van der Waals surface area contributed by atoms with Crippen molar-refractivity contribution in [3.63, 3.8) is 0 Å². The molecule has 5 fully saturated rings. The first-order valence-corrected chi connectivity index (χ1v) is 10.8. The van der Waals surface area contributed by atoms with Gasteiger partial charge in [-0.1, -0.05) is 0 Å². The summed E-state index contributed by atoms with van der Waals surface area (Å²) in [6.07, 6.45) is 5.33. The fourth-order valence-electron chi connectivity index (χ4n) is 6.24. The molecule has 4 atom stereocenters. The molecular weight excluding hydrogens is 406 g/mol. The first-order valence-electron chi connectivity index (χ1n) is 10.8. The van der Waals surface area contributed by atoms with E-state index in [1.165, 1.54) is 6.42 Å². The number of carboxylic acids is 2. The smallest absolute Gasteiger partial charge is 0.333 e. The standard InChI is InChI=1S/C17H25N3O2.C4H6O5/c18-9-14-2-1-3-20(14)15(21)10-19-16-5-12-4-13(6-16)8-17(22,7-12)11-16;5-2(4(8)9)1-3(6)7/h12-14,19,22H,1-8,10-11H2;2,5H,1H2,(H,6,7)(H,8,9)/t12?,13?,14-,16?,17?;/m0./s1. The molecule has 4 bridgehead atoms. The molecule has 1 heterocycles. The van der Waals surface area contributed by atoms with E-state index in [9.17, 15) is 19.5 Å². The maximum Gasteiger partial charge on any atom is 0.333 e. The molecule has 0 spiro atoms. The summed E-state index contributed by atoms with van der Waals surface area (Å²) < 4.78 is 0. The summed E-state index contributed by atoms with van der Waals surface area (Å²) in [5.74, 6) is -1.56. The number of rotatable bonds is 6. The van der Waals surface area contributed by atoms with Gasteiger partial charge in [0.25, 0.3) is 0 Å². The summed E-state index contributed by atoms with van der Waals surface area (Å²) in [6.45, 7) is 1.02. The molecule has 4 aliphatic carbocycles. The van der Waals surface area contributed by atoms with Crippen LogP contribution in [0.4, 0.5) is 0 Å². The molecule has 0 radical (unpaired) electrons. The van der Waals surface area contributed by atoms with E-state index in [0.717, 1.165) is 44.9 Å². The van der Waals surface area contributed by atoms with Crippen LogP contribution in [0.25, 0.3) is 0 Å². The van der Waals surface area contributed by atoms with Gasteiger partial charge in [0.1, 0.15) is 6.04 Å². The zero-order valence-electron chi connectivity index (χ0n) is 17.5. The molecule has 5 N–H and O–H groups in total. The van der Waals surface area contributed by atoms with E-state index < -0.39 is 30.1 Å². The first kappa shape index (κ1) is 23.4. The largest absolute Gasteiger partial charge is 0.481 e. The Hall–Kier alpha value is -2.22. The highest BCUT2D eigenvalue weighted by molar-refractivity contribution is 5.79. The number of nitrogens with zero attached hydrogens (tertiary/aromatic N) is 2. The summed E-state index contributed by atoms with van der Waals surface area (Å²) in [4.78, 5) is 33.6. The van der Waals surface area contributed by atoms with Crippen LogP contribution in [0.5, 0.6) is 0 Å². The van der Waals surface area contributed by atoms with Gasteiger partial charge in [0.15, 0.2) is 6.10 Å². The first-order chi connectivity index (χ1) is 14.5. The Balaban J connectivity index is 0.000000259. The second kappa shape index (κ2) is 9.10. The monoisotopic (exact) mass is 437 g/mol. The maximum absolute atomic E-state index is 12.4. The zero-order valence-corrected chi connectivity index (χ0v) is 17.5. The SMILES string of the molecule is N#C[C@@H]1CCCN1C(=O)CNC12CC3CC(CC(O)(C3)C1)C2.O=C(O)CC(O)C(=O)O. The second-order valence-corrected chi connectivity index (χ2v) is 9.65. The highest BCUT2D eigenvalue weighted by atomic mass is 16.4. The number of carbonyl (C=O) groups is 3. The van der Waals surface area contributed by atoms with E-state index in [1.807, 2.05) is 0 Å². The van der Waals surface area contributed by atoms with Crippen molar-refractivity contribution in [2.45, 2.75) is 81.1 Å². The number of aliphatic hydroxyl groups excluding tert-OH is 1. The Kier molecular flexibility index (Phi) is 6.88. The van der Waals surface area contributed by atoms with Gasteiger partial charge in [-0.3, -0.25) is 9.59 Å². The molecule has 4 saturated carbocycles. The molecule has 0 aromatic carbocycles. The van der Waals surface area contributed by atoms with Gasteiger partial charge in [-0.2, -0.15) is 5.26 Å². The molecular formula is C21H31N3O7. The van der Waals surface area contributed by atoms with Crippen LogP contribution in [-0.4, -0.2) is 79.5 Å². The fraction of sp³-hybridized carbons (Fsp3) is 0.810. The van der Waals surface area contributed by atoms with Gasteiger partial charge in [0.05, 0.1) is 24.6 Å². The Morgan fingerprint density at radius 1 is 1.16 bits per heavy atom. The van der Waals surface area contributed by atoms with Gasteiger partial charge < -0.3 is 30.6 Å². The van der Waals surface area contributed by atoms with Gasteiger partial charge in [0, 0.05) is 12.1 Å². The van der Waals surface area contributed by atoms with Crippen molar-refractivity contribution in [1.29, 1.82) is 5.26 Å². The topological polar surface area (TPSA) is 171 Å². The van der Waals surface area contributed by atoms with E-state index in [1.54, 1.807) is 4.90 Å². The fourth-order valence-corrected chi connectivity index (χ4v) is 6.24. The van der Waals surface area contributed by atoms with E-state index in [4.69, 9.17) is 20.6 Å². The van der Waals surface area contributed by atoms with Gasteiger partial charge in [0.2, 0.25) is 5.91 Å². The summed E-state index contributed by atoms with van der Waals surface area (Å²) in [5.41, 5.74) is -0.542. The van der Waals surface area contributed by atoms with E-state index in [0.29, 0.717) is 24.9 Å². The number of carbonyl (C=O) groups excluding carboxylic acids is 1. The van der Waals surface area contributed by atoms with Crippen molar-refractivity contribution in [2.75, 3.05) is 13.1 Å². The van der Waals surface area contributed by atoms with E-state index >= 15 is 0 Å². The number of amides is 1. The average molecular weight is 437 g/mol. The molecule has 5 aliphatic rings. The Morgan fingerprint density at radius 2 is 1.81 bits per heavy atom. The third-order valence-electron chi connectivity index (χ3n) is 7.02. The number of aliphatic carboxylic acids is 2. The quantitative estimate of drug-likeness (QED) is 0.386. The van der Waals surface area contributed by atoms with Gasteiger partial charge in [-0.05, 0) is 63.2 Å². The third kappa shape index (κ3) is 5.53. The van der Waals surface area contributed by atoms with Crippen LogP contribution in [0.3, 0.4) is 0 Å². The number of hydrogen-bond acceptors (Lipinski definition) is 7. The lowest BCUT2D eigenvalue weighted by molar-refractivity contribution is -0.152. The molecule has 3 unspecified atom stereocenters. The van der Waals surface area contributed by atoms with Crippen LogP contribution in [0, 0.1) is 23.2 Å². The number of hydrogen-bond donors (Lipinski definition) is 5. The number of aliphatic hydroxyl groups is 2. The van der Waals surface area contributed by atoms with Gasteiger partial charge in [-0.15, -0.1) is 0 Å². The summed E-state index contributed by atoms with van der Waals surface area (Å²) in [6, 6.07) is 1.99. The second-order valence-electron chi connectivity index (χ2n) is 9.65. The van der Waals surface area contributed by atoms with Crippen LogP contribution >= 0.6 is 0 Å². The molecule has 0 aromatic heterocycles. The number of nitrogens with one attached hydrogen (secondary N) is 1. The normalized spacial score (nSPS) is 36.3. The van der Waals surface area contributed by atoms with E-state index in [-0.39, 0.29) is 17.5 Å². The van der Waals surface area contributed by atoms with Crippen LogP contribution in [0.1, 0.15) is 57.8 Å². The zero-order chi connectivity index (χ0) is 22.8. The predicted octanol–water partition coefficient (Wildman–Crippen LogP) is 0.0809. The minimum atomic E-state index is -1.79. The summed E-state index contributed by atoms with van der Waals surface area (Å²) >= 11 is 0. The molecule has 0 aromatic rings. The summed E-state index contributed by atoms with van der Waals surface area (Å²) in [7, 11) is 0. The van der Waals surface area contributed by atoms with Crippen molar-refractivity contribution < 1.29 is 34.8 Å². The highest BCUT2D eigenvalue weighted by Gasteiger charge is 2.57. The molecule has 10 nitrogen and oxygen atoms in total.